The van der Waals surface area contributed by atoms with Crippen LogP contribution in [0.3, 0.4) is 0 Å². The number of carbonyl (C=O) groups excluding carboxylic acids is 3. The summed E-state index contributed by atoms with van der Waals surface area (Å²) in [6.45, 7) is 6.62. The van der Waals surface area contributed by atoms with Gasteiger partial charge in [0.15, 0.2) is 6.10 Å². The van der Waals surface area contributed by atoms with Crippen molar-refractivity contribution in [3.05, 3.63) is 72.9 Å². The lowest BCUT2D eigenvalue weighted by Gasteiger charge is -2.18. The molecule has 464 valence electrons. The third-order valence-electron chi connectivity index (χ3n) is 15.4. The van der Waals surface area contributed by atoms with Crippen molar-refractivity contribution in [3.8, 4) is 0 Å². The van der Waals surface area contributed by atoms with Gasteiger partial charge in [0, 0.05) is 19.3 Å². The second-order valence-electron chi connectivity index (χ2n) is 23.4. The maximum absolute atomic E-state index is 12.9. The highest BCUT2D eigenvalue weighted by Crippen LogP contribution is 2.17. The van der Waals surface area contributed by atoms with Crippen LogP contribution in [-0.2, 0) is 28.6 Å². The predicted molar refractivity (Wildman–Crippen MR) is 348 cm³/mol. The Labute approximate surface area is 497 Å². The highest BCUT2D eigenvalue weighted by Gasteiger charge is 2.19. The number of hydrogen-bond acceptors (Lipinski definition) is 6. The Morgan fingerprint density at radius 2 is 0.450 bits per heavy atom. The lowest BCUT2D eigenvalue weighted by molar-refractivity contribution is -0.167. The molecule has 0 fully saturated rings. The summed E-state index contributed by atoms with van der Waals surface area (Å²) in [6, 6.07) is 0. The monoisotopic (exact) mass is 1120 g/mol. The molecule has 1 unspecified atom stereocenters. The molecule has 6 heteroatoms. The van der Waals surface area contributed by atoms with Gasteiger partial charge in [0.25, 0.3) is 0 Å². The summed E-state index contributed by atoms with van der Waals surface area (Å²) in [5.41, 5.74) is 0. The van der Waals surface area contributed by atoms with Crippen molar-refractivity contribution in [2.75, 3.05) is 13.2 Å². The number of unbranched alkanes of at least 4 members (excludes halogenated alkanes) is 41. The average Bonchev–Trinajstić information content (AvgIpc) is 3.46. The Morgan fingerprint density at radius 3 is 0.700 bits per heavy atom. The van der Waals surface area contributed by atoms with E-state index >= 15 is 0 Å². The van der Waals surface area contributed by atoms with Crippen LogP contribution in [0.15, 0.2) is 72.9 Å². The van der Waals surface area contributed by atoms with Crippen LogP contribution in [0, 0.1) is 0 Å². The first-order valence-corrected chi connectivity index (χ1v) is 34.9. The summed E-state index contributed by atoms with van der Waals surface area (Å²) in [6.07, 6.45) is 89.5. The highest BCUT2D eigenvalue weighted by molar-refractivity contribution is 5.71. The fourth-order valence-electron chi connectivity index (χ4n) is 10.2. The Bertz CT molecular complexity index is 1470. The van der Waals surface area contributed by atoms with Gasteiger partial charge in [-0.3, -0.25) is 14.4 Å². The molecule has 0 aliphatic rings. The van der Waals surface area contributed by atoms with Gasteiger partial charge in [-0.1, -0.05) is 318 Å². The Balaban J connectivity index is 4.07. The van der Waals surface area contributed by atoms with Gasteiger partial charge in [0.2, 0.25) is 0 Å². The molecule has 0 saturated heterocycles. The van der Waals surface area contributed by atoms with Crippen LogP contribution >= 0.6 is 0 Å². The van der Waals surface area contributed by atoms with Crippen molar-refractivity contribution >= 4 is 17.9 Å². The van der Waals surface area contributed by atoms with Gasteiger partial charge in [-0.2, -0.15) is 0 Å². The molecule has 0 N–H and O–H groups in total. The molecule has 0 radical (unpaired) electrons. The number of rotatable bonds is 64. The van der Waals surface area contributed by atoms with E-state index in [4.69, 9.17) is 14.2 Å². The summed E-state index contributed by atoms with van der Waals surface area (Å²) < 4.78 is 16.9. The zero-order chi connectivity index (χ0) is 57.8. The fraction of sp³-hybridized carbons (Fsp3) is 0.797. The van der Waals surface area contributed by atoms with Crippen LogP contribution in [0.1, 0.15) is 361 Å². The number of ether oxygens (including phenoxy) is 3. The van der Waals surface area contributed by atoms with Crippen LogP contribution in [-0.4, -0.2) is 37.2 Å². The number of carbonyl (C=O) groups is 3. The lowest BCUT2D eigenvalue weighted by Crippen LogP contribution is -2.30. The Kier molecular flexibility index (Phi) is 65.7. The van der Waals surface area contributed by atoms with Crippen molar-refractivity contribution in [3.63, 3.8) is 0 Å². The van der Waals surface area contributed by atoms with E-state index in [-0.39, 0.29) is 31.1 Å². The molecule has 0 saturated carbocycles. The van der Waals surface area contributed by atoms with E-state index in [0.717, 1.165) is 89.9 Å². The van der Waals surface area contributed by atoms with Crippen molar-refractivity contribution in [1.29, 1.82) is 0 Å². The molecule has 0 rings (SSSR count). The van der Waals surface area contributed by atoms with Crippen LogP contribution in [0.4, 0.5) is 0 Å². The first-order chi connectivity index (χ1) is 39.5. The van der Waals surface area contributed by atoms with E-state index in [2.05, 4.69) is 93.7 Å². The fourth-order valence-corrected chi connectivity index (χ4v) is 10.2. The molecule has 6 nitrogen and oxygen atoms in total. The van der Waals surface area contributed by atoms with Crippen LogP contribution in [0.25, 0.3) is 0 Å². The minimum atomic E-state index is -0.779. The van der Waals surface area contributed by atoms with E-state index in [0.29, 0.717) is 19.3 Å². The molecule has 0 aromatic rings. The topological polar surface area (TPSA) is 78.9 Å². The zero-order valence-corrected chi connectivity index (χ0v) is 53.3. The second kappa shape index (κ2) is 68.3. The SMILES string of the molecule is CCCCCCC/C=C\C/C=C\C/C=C\CCCCCCCCCCCCCCCCCCCCC(=O)OCC(COC(=O)CCCCCCCCCC)OC(=O)CCCCCCCC/C=C\C/C=C\C/C=C\CCCCCCC. The number of esters is 3. The molecule has 0 aromatic heterocycles. The van der Waals surface area contributed by atoms with Gasteiger partial charge in [-0.05, 0) is 96.3 Å². The molecule has 0 bridgehead atoms. The molecule has 0 heterocycles. The second-order valence-corrected chi connectivity index (χ2v) is 23.4. The minimum Gasteiger partial charge on any atom is -0.462 e. The molecular formula is C74H132O6. The summed E-state index contributed by atoms with van der Waals surface area (Å²) in [5.74, 6) is -0.877. The molecule has 0 aliphatic heterocycles. The van der Waals surface area contributed by atoms with Crippen LogP contribution < -0.4 is 0 Å². The van der Waals surface area contributed by atoms with Gasteiger partial charge < -0.3 is 14.2 Å². The van der Waals surface area contributed by atoms with Crippen LogP contribution in [0.2, 0.25) is 0 Å². The molecule has 1 atom stereocenters. The van der Waals surface area contributed by atoms with E-state index in [9.17, 15) is 14.4 Å². The van der Waals surface area contributed by atoms with E-state index in [1.807, 2.05) is 0 Å². The molecule has 0 spiro atoms. The molecular weight excluding hydrogens is 985 g/mol. The van der Waals surface area contributed by atoms with E-state index in [1.165, 1.54) is 231 Å². The summed E-state index contributed by atoms with van der Waals surface area (Å²) in [4.78, 5) is 38.2. The molecule has 0 aliphatic carbocycles. The number of allylic oxidation sites excluding steroid dienone is 12. The van der Waals surface area contributed by atoms with Gasteiger partial charge in [0.1, 0.15) is 13.2 Å². The lowest BCUT2D eigenvalue weighted by atomic mass is 10.0. The summed E-state index contributed by atoms with van der Waals surface area (Å²) >= 11 is 0. The maximum Gasteiger partial charge on any atom is 0.306 e. The van der Waals surface area contributed by atoms with Gasteiger partial charge in [0.05, 0.1) is 0 Å². The van der Waals surface area contributed by atoms with Crippen LogP contribution in [0.5, 0.6) is 0 Å². The third kappa shape index (κ3) is 65.7. The normalized spacial score (nSPS) is 12.5. The Morgan fingerprint density at radius 1 is 0.250 bits per heavy atom. The third-order valence-corrected chi connectivity index (χ3v) is 15.4. The highest BCUT2D eigenvalue weighted by atomic mass is 16.6. The van der Waals surface area contributed by atoms with Crippen molar-refractivity contribution in [2.24, 2.45) is 0 Å². The zero-order valence-electron chi connectivity index (χ0n) is 53.3. The first kappa shape index (κ1) is 76.9. The van der Waals surface area contributed by atoms with E-state index < -0.39 is 6.10 Å². The van der Waals surface area contributed by atoms with E-state index in [1.54, 1.807) is 0 Å². The molecule has 80 heavy (non-hydrogen) atoms. The summed E-state index contributed by atoms with van der Waals surface area (Å²) in [5, 5.41) is 0. The molecule has 0 amide bonds. The van der Waals surface area contributed by atoms with Gasteiger partial charge in [-0.15, -0.1) is 0 Å². The van der Waals surface area contributed by atoms with Crippen molar-refractivity contribution < 1.29 is 28.6 Å². The quantitative estimate of drug-likeness (QED) is 0.0261. The number of hydrogen-bond donors (Lipinski definition) is 0. The van der Waals surface area contributed by atoms with Gasteiger partial charge in [-0.25, -0.2) is 0 Å². The molecule has 0 aromatic carbocycles. The smallest absolute Gasteiger partial charge is 0.306 e. The minimum absolute atomic E-state index is 0.0768. The van der Waals surface area contributed by atoms with Crippen molar-refractivity contribution in [1.82, 2.24) is 0 Å². The van der Waals surface area contributed by atoms with Gasteiger partial charge >= 0.3 is 17.9 Å². The summed E-state index contributed by atoms with van der Waals surface area (Å²) in [7, 11) is 0. The predicted octanol–water partition coefficient (Wildman–Crippen LogP) is 24.1. The maximum atomic E-state index is 12.9. The van der Waals surface area contributed by atoms with Crippen molar-refractivity contribution in [2.45, 2.75) is 367 Å². The first-order valence-electron chi connectivity index (χ1n) is 34.9. The standard InChI is InChI=1S/C74H132O6/c1-4-7-10-13-16-19-21-23-25-27-29-31-32-33-34-35-36-37-38-39-40-41-42-44-45-47-49-51-53-55-58-61-64-67-73(76)79-70-71(69-78-72(75)66-63-60-57-18-15-12-9-6-3)80-74(77)68-65-62-59-56-54-52-50-48-46-43-30-28-26-24-22-20-17-14-11-8-5-2/h21-24,27-30,32-33,46,48,71H,4-20,25-26,31,34-45,47,49-70H2,1-3H3/b23-21-,24-22-,29-27-,30-28-,33-32-,48-46-. The Hall–Kier alpha value is -3.15. The average molecular weight is 1120 g/mol. The largest absolute Gasteiger partial charge is 0.462 e.